The molecule has 112 valence electrons. The van der Waals surface area contributed by atoms with Gasteiger partial charge in [-0.05, 0) is 25.7 Å². The molecule has 1 aromatic rings. The highest BCUT2D eigenvalue weighted by atomic mass is 32.1. The maximum atomic E-state index is 5.10. The summed E-state index contributed by atoms with van der Waals surface area (Å²) >= 11 is 1.98. The number of hydrogen-bond acceptors (Lipinski definition) is 4. The van der Waals surface area contributed by atoms with Crippen molar-refractivity contribution in [3.8, 4) is 0 Å². The van der Waals surface area contributed by atoms with Crippen LogP contribution in [0, 0.1) is 0 Å². The maximum Gasteiger partial charge on any atom is 0.0962 e. The van der Waals surface area contributed by atoms with Crippen molar-refractivity contribution in [3.05, 3.63) is 15.6 Å². The van der Waals surface area contributed by atoms with E-state index in [0.29, 0.717) is 0 Å². The summed E-state index contributed by atoms with van der Waals surface area (Å²) in [6, 6.07) is 0. The molecule has 2 aliphatic carbocycles. The summed E-state index contributed by atoms with van der Waals surface area (Å²) in [7, 11) is 1.76. The second-order valence-corrected chi connectivity index (χ2v) is 7.25. The molecular formula is C16H26N2OS. The van der Waals surface area contributed by atoms with Crippen molar-refractivity contribution < 1.29 is 4.74 Å². The van der Waals surface area contributed by atoms with E-state index in [1.54, 1.807) is 7.11 Å². The second-order valence-electron chi connectivity index (χ2n) is 6.14. The van der Waals surface area contributed by atoms with Crippen molar-refractivity contribution in [2.24, 2.45) is 0 Å². The van der Waals surface area contributed by atoms with Gasteiger partial charge in [0, 0.05) is 36.9 Å². The zero-order chi connectivity index (χ0) is 13.8. The minimum Gasteiger partial charge on any atom is -0.383 e. The predicted molar refractivity (Wildman–Crippen MR) is 83.5 cm³/mol. The van der Waals surface area contributed by atoms with Gasteiger partial charge in [-0.3, -0.25) is 0 Å². The Hall–Kier alpha value is -0.450. The lowest BCUT2D eigenvalue weighted by atomic mass is 9.90. The number of thiazole rings is 1. The number of rotatable bonds is 7. The molecule has 20 heavy (non-hydrogen) atoms. The van der Waals surface area contributed by atoms with Gasteiger partial charge in [-0.25, -0.2) is 4.98 Å². The Morgan fingerprint density at radius 1 is 1.15 bits per heavy atom. The van der Waals surface area contributed by atoms with Crippen LogP contribution in [0.1, 0.15) is 72.4 Å². The standard InChI is InChI=1S/C16H26N2OS/c1-19-10-9-17-11-14-15(12-7-8-12)18-16(20-14)13-5-3-2-4-6-13/h12-13,17H,2-11H2,1H3. The molecule has 2 aliphatic rings. The molecule has 0 spiro atoms. The van der Waals surface area contributed by atoms with Crippen LogP contribution in [0.2, 0.25) is 0 Å². The molecule has 0 radical (unpaired) electrons. The maximum absolute atomic E-state index is 5.10. The van der Waals surface area contributed by atoms with Crippen molar-refractivity contribution in [2.45, 2.75) is 63.3 Å². The number of nitrogens with zero attached hydrogens (tertiary/aromatic N) is 1. The highest BCUT2D eigenvalue weighted by Gasteiger charge is 2.31. The first-order valence-electron chi connectivity index (χ1n) is 8.07. The molecule has 0 atom stereocenters. The molecule has 2 fully saturated rings. The summed E-state index contributed by atoms with van der Waals surface area (Å²) in [5, 5.41) is 4.91. The Balaban J connectivity index is 1.65. The Morgan fingerprint density at radius 3 is 2.65 bits per heavy atom. The summed E-state index contributed by atoms with van der Waals surface area (Å²) < 4.78 is 5.10. The topological polar surface area (TPSA) is 34.1 Å². The first kappa shape index (κ1) is 14.5. The molecule has 3 rings (SSSR count). The first-order valence-corrected chi connectivity index (χ1v) is 8.89. The van der Waals surface area contributed by atoms with E-state index in [2.05, 4.69) is 5.32 Å². The van der Waals surface area contributed by atoms with Gasteiger partial charge in [-0.15, -0.1) is 11.3 Å². The molecule has 2 saturated carbocycles. The van der Waals surface area contributed by atoms with Crippen LogP contribution < -0.4 is 5.32 Å². The van der Waals surface area contributed by atoms with Crippen LogP contribution in [0.5, 0.6) is 0 Å². The van der Waals surface area contributed by atoms with Gasteiger partial charge in [0.25, 0.3) is 0 Å². The van der Waals surface area contributed by atoms with E-state index in [9.17, 15) is 0 Å². The van der Waals surface area contributed by atoms with E-state index in [1.807, 2.05) is 11.3 Å². The molecule has 1 heterocycles. The lowest BCUT2D eigenvalue weighted by Crippen LogP contribution is -2.18. The van der Waals surface area contributed by atoms with Gasteiger partial charge in [0.2, 0.25) is 0 Å². The predicted octanol–water partition coefficient (Wildman–Crippen LogP) is 3.80. The number of methoxy groups -OCH3 is 1. The molecule has 0 saturated heterocycles. The largest absolute Gasteiger partial charge is 0.383 e. The Morgan fingerprint density at radius 2 is 1.95 bits per heavy atom. The molecule has 0 bridgehead atoms. The van der Waals surface area contributed by atoms with Gasteiger partial charge in [0.1, 0.15) is 0 Å². The summed E-state index contributed by atoms with van der Waals surface area (Å²) in [5.41, 5.74) is 1.42. The van der Waals surface area contributed by atoms with Gasteiger partial charge in [0.15, 0.2) is 0 Å². The van der Waals surface area contributed by atoms with Crippen molar-refractivity contribution in [1.82, 2.24) is 10.3 Å². The molecule has 0 aromatic carbocycles. The minimum absolute atomic E-state index is 0.749. The summed E-state index contributed by atoms with van der Waals surface area (Å²) in [5.74, 6) is 1.52. The lowest BCUT2D eigenvalue weighted by molar-refractivity contribution is 0.199. The molecule has 1 N–H and O–H groups in total. The molecule has 0 aliphatic heterocycles. The van der Waals surface area contributed by atoms with E-state index >= 15 is 0 Å². The fraction of sp³-hybridized carbons (Fsp3) is 0.812. The van der Waals surface area contributed by atoms with E-state index in [4.69, 9.17) is 9.72 Å². The number of hydrogen-bond donors (Lipinski definition) is 1. The molecule has 0 unspecified atom stereocenters. The van der Waals surface area contributed by atoms with Crippen molar-refractivity contribution in [3.63, 3.8) is 0 Å². The Labute approximate surface area is 126 Å². The Kier molecular flexibility index (Phi) is 5.08. The van der Waals surface area contributed by atoms with Crippen LogP contribution in [0.4, 0.5) is 0 Å². The average Bonchev–Trinajstić information content (AvgIpc) is 3.25. The monoisotopic (exact) mass is 294 g/mol. The SMILES string of the molecule is COCCNCc1sc(C2CCCCC2)nc1C1CC1. The van der Waals surface area contributed by atoms with Crippen LogP contribution in [-0.4, -0.2) is 25.2 Å². The molecular weight excluding hydrogens is 268 g/mol. The number of nitrogens with one attached hydrogen (secondary N) is 1. The van der Waals surface area contributed by atoms with Crippen LogP contribution in [0.25, 0.3) is 0 Å². The fourth-order valence-corrected chi connectivity index (χ4v) is 4.38. The summed E-state index contributed by atoms with van der Waals surface area (Å²) in [6.07, 6.45) is 9.61. The molecule has 1 aromatic heterocycles. The third-order valence-electron chi connectivity index (χ3n) is 4.43. The molecule has 0 amide bonds. The quantitative estimate of drug-likeness (QED) is 0.777. The average molecular weight is 294 g/mol. The third-order valence-corrected chi connectivity index (χ3v) is 5.66. The van der Waals surface area contributed by atoms with E-state index in [1.165, 1.54) is 60.5 Å². The smallest absolute Gasteiger partial charge is 0.0962 e. The van der Waals surface area contributed by atoms with E-state index in [0.717, 1.165) is 31.5 Å². The van der Waals surface area contributed by atoms with Gasteiger partial charge >= 0.3 is 0 Å². The number of aromatic nitrogens is 1. The first-order chi connectivity index (χ1) is 9.88. The third kappa shape index (κ3) is 3.60. The van der Waals surface area contributed by atoms with Crippen molar-refractivity contribution in [2.75, 3.05) is 20.3 Å². The van der Waals surface area contributed by atoms with E-state index in [-0.39, 0.29) is 0 Å². The van der Waals surface area contributed by atoms with Gasteiger partial charge in [0.05, 0.1) is 17.3 Å². The van der Waals surface area contributed by atoms with Crippen molar-refractivity contribution in [1.29, 1.82) is 0 Å². The van der Waals surface area contributed by atoms with Gasteiger partial charge in [-0.2, -0.15) is 0 Å². The lowest BCUT2D eigenvalue weighted by Gasteiger charge is -2.18. The summed E-state index contributed by atoms with van der Waals surface area (Å²) in [6.45, 7) is 2.68. The molecule has 4 heteroatoms. The Bertz CT molecular complexity index is 422. The van der Waals surface area contributed by atoms with Gasteiger partial charge < -0.3 is 10.1 Å². The van der Waals surface area contributed by atoms with E-state index < -0.39 is 0 Å². The van der Waals surface area contributed by atoms with Crippen LogP contribution in [-0.2, 0) is 11.3 Å². The normalized spacial score (nSPS) is 20.4. The van der Waals surface area contributed by atoms with Crippen LogP contribution in [0.15, 0.2) is 0 Å². The van der Waals surface area contributed by atoms with Crippen LogP contribution in [0.3, 0.4) is 0 Å². The molecule has 3 nitrogen and oxygen atoms in total. The highest BCUT2D eigenvalue weighted by molar-refractivity contribution is 7.11. The fourth-order valence-electron chi connectivity index (χ4n) is 3.09. The summed E-state index contributed by atoms with van der Waals surface area (Å²) in [4.78, 5) is 6.53. The number of ether oxygens (including phenoxy) is 1. The zero-order valence-corrected chi connectivity index (χ0v) is 13.3. The highest BCUT2D eigenvalue weighted by Crippen LogP contribution is 2.45. The van der Waals surface area contributed by atoms with Crippen LogP contribution >= 0.6 is 11.3 Å². The second kappa shape index (κ2) is 7.01. The van der Waals surface area contributed by atoms with Gasteiger partial charge in [-0.1, -0.05) is 19.3 Å². The van der Waals surface area contributed by atoms with Crippen molar-refractivity contribution >= 4 is 11.3 Å². The zero-order valence-electron chi connectivity index (χ0n) is 12.5. The minimum atomic E-state index is 0.749.